The molecule has 80 valence electrons. The number of rotatable bonds is 4. The zero-order valence-corrected chi connectivity index (χ0v) is 7.69. The Morgan fingerprint density at radius 3 is 2.93 bits per heavy atom. The molecule has 0 saturated carbocycles. The average Bonchev–Trinajstić information content (AvgIpc) is 2.26. The van der Waals surface area contributed by atoms with Crippen LogP contribution >= 0.6 is 0 Å². The molecule has 0 aliphatic carbocycles. The summed E-state index contributed by atoms with van der Waals surface area (Å²) >= 11 is 0. The van der Waals surface area contributed by atoms with Crippen molar-refractivity contribution in [3.8, 4) is 6.07 Å². The minimum atomic E-state index is -2.81. The van der Waals surface area contributed by atoms with Crippen molar-refractivity contribution in [2.45, 2.75) is 12.5 Å². The van der Waals surface area contributed by atoms with Crippen molar-refractivity contribution in [2.24, 2.45) is 0 Å². The average molecular weight is 213 g/mol. The topological polar surface area (TPSA) is 68.9 Å². The smallest absolute Gasteiger partial charge is 0.265 e. The molecule has 0 aromatic carbocycles. The Morgan fingerprint density at radius 1 is 1.60 bits per heavy atom. The molecular formula is C9H9F2N3O. The summed E-state index contributed by atoms with van der Waals surface area (Å²) in [5.74, 6) is 0. The van der Waals surface area contributed by atoms with Crippen LogP contribution in [0.3, 0.4) is 0 Å². The van der Waals surface area contributed by atoms with E-state index in [2.05, 4.69) is 10.3 Å². The SMILES string of the molecule is N#Cc1ccncc1NCC(O)C(F)F. The number of anilines is 1. The number of nitriles is 1. The molecule has 2 N–H and O–H groups in total. The van der Waals surface area contributed by atoms with E-state index in [1.807, 2.05) is 6.07 Å². The first-order valence-corrected chi connectivity index (χ1v) is 4.19. The Kier molecular flexibility index (Phi) is 3.94. The highest BCUT2D eigenvalue weighted by Gasteiger charge is 2.16. The van der Waals surface area contributed by atoms with Crippen LogP contribution in [0.1, 0.15) is 5.56 Å². The zero-order valence-electron chi connectivity index (χ0n) is 7.69. The van der Waals surface area contributed by atoms with Crippen molar-refractivity contribution in [3.05, 3.63) is 24.0 Å². The molecular weight excluding hydrogens is 204 g/mol. The Labute approximate surface area is 85.2 Å². The number of nitrogens with one attached hydrogen (secondary N) is 1. The molecule has 1 aromatic rings. The first-order chi connectivity index (χ1) is 7.15. The Morgan fingerprint density at radius 2 is 2.33 bits per heavy atom. The molecule has 0 bridgehead atoms. The van der Waals surface area contributed by atoms with Crippen molar-refractivity contribution >= 4 is 5.69 Å². The first kappa shape index (κ1) is 11.3. The van der Waals surface area contributed by atoms with Crippen molar-refractivity contribution in [1.29, 1.82) is 5.26 Å². The maximum atomic E-state index is 11.9. The molecule has 0 fully saturated rings. The fourth-order valence-electron chi connectivity index (χ4n) is 0.936. The Bertz CT molecular complexity index is 365. The van der Waals surface area contributed by atoms with E-state index in [0.717, 1.165) is 0 Å². The normalized spacial score (nSPS) is 12.2. The second kappa shape index (κ2) is 5.22. The van der Waals surface area contributed by atoms with E-state index >= 15 is 0 Å². The van der Waals surface area contributed by atoms with E-state index in [-0.39, 0.29) is 6.54 Å². The third-order valence-corrected chi connectivity index (χ3v) is 1.73. The molecule has 1 atom stereocenters. The lowest BCUT2D eigenvalue weighted by Gasteiger charge is -2.11. The molecule has 1 heterocycles. The van der Waals surface area contributed by atoms with E-state index in [9.17, 15) is 8.78 Å². The predicted octanol–water partition coefficient (Wildman–Crippen LogP) is 0.991. The van der Waals surface area contributed by atoms with Gasteiger partial charge in [0.15, 0.2) is 0 Å². The van der Waals surface area contributed by atoms with E-state index < -0.39 is 12.5 Å². The third-order valence-electron chi connectivity index (χ3n) is 1.73. The van der Waals surface area contributed by atoms with Crippen molar-refractivity contribution < 1.29 is 13.9 Å². The number of halogens is 2. The highest BCUT2D eigenvalue weighted by Crippen LogP contribution is 2.12. The number of hydrogen-bond donors (Lipinski definition) is 2. The number of aliphatic hydroxyl groups excluding tert-OH is 1. The maximum absolute atomic E-state index is 11.9. The minimum Gasteiger partial charge on any atom is -0.385 e. The summed E-state index contributed by atoms with van der Waals surface area (Å²) in [6.45, 7) is -0.321. The summed E-state index contributed by atoms with van der Waals surface area (Å²) < 4.78 is 23.9. The van der Waals surface area contributed by atoms with Gasteiger partial charge in [0.1, 0.15) is 12.2 Å². The van der Waals surface area contributed by atoms with Gasteiger partial charge >= 0.3 is 0 Å². The molecule has 1 unspecified atom stereocenters. The lowest BCUT2D eigenvalue weighted by molar-refractivity contribution is 0.00384. The molecule has 1 aromatic heterocycles. The van der Waals surface area contributed by atoms with Crippen LogP contribution in [-0.4, -0.2) is 29.2 Å². The van der Waals surface area contributed by atoms with E-state index in [1.54, 1.807) is 0 Å². The molecule has 4 nitrogen and oxygen atoms in total. The van der Waals surface area contributed by atoms with Crippen LogP contribution in [0.5, 0.6) is 0 Å². The van der Waals surface area contributed by atoms with Gasteiger partial charge in [0, 0.05) is 12.7 Å². The lowest BCUT2D eigenvalue weighted by Crippen LogP contribution is -2.27. The third kappa shape index (κ3) is 3.14. The molecule has 0 aliphatic rings. The summed E-state index contributed by atoms with van der Waals surface area (Å²) in [7, 11) is 0. The fraction of sp³-hybridized carbons (Fsp3) is 0.333. The Hall–Kier alpha value is -1.74. The Balaban J connectivity index is 2.62. The van der Waals surface area contributed by atoms with E-state index in [0.29, 0.717) is 11.3 Å². The number of alkyl halides is 2. The van der Waals surface area contributed by atoms with Crippen LogP contribution in [0.4, 0.5) is 14.5 Å². The van der Waals surface area contributed by atoms with Gasteiger partial charge in [-0.15, -0.1) is 0 Å². The molecule has 0 spiro atoms. The van der Waals surface area contributed by atoms with Crippen LogP contribution in [-0.2, 0) is 0 Å². The minimum absolute atomic E-state index is 0.298. The van der Waals surface area contributed by atoms with Gasteiger partial charge in [-0.25, -0.2) is 8.78 Å². The second-order valence-corrected chi connectivity index (χ2v) is 2.82. The highest BCUT2D eigenvalue weighted by molar-refractivity contribution is 5.55. The predicted molar refractivity (Wildman–Crippen MR) is 49.5 cm³/mol. The van der Waals surface area contributed by atoms with Gasteiger partial charge in [-0.05, 0) is 6.07 Å². The van der Waals surface area contributed by atoms with Crippen LogP contribution in [0.2, 0.25) is 0 Å². The van der Waals surface area contributed by atoms with Crippen molar-refractivity contribution in [3.63, 3.8) is 0 Å². The van der Waals surface area contributed by atoms with Crippen molar-refractivity contribution in [2.75, 3.05) is 11.9 Å². The van der Waals surface area contributed by atoms with Crippen LogP contribution < -0.4 is 5.32 Å². The summed E-state index contributed by atoms with van der Waals surface area (Å²) in [4.78, 5) is 3.73. The van der Waals surface area contributed by atoms with Gasteiger partial charge in [-0.3, -0.25) is 4.98 Å². The van der Waals surface area contributed by atoms with Crippen LogP contribution in [0.15, 0.2) is 18.5 Å². The van der Waals surface area contributed by atoms with Crippen LogP contribution in [0.25, 0.3) is 0 Å². The van der Waals surface area contributed by atoms with Crippen molar-refractivity contribution in [1.82, 2.24) is 4.98 Å². The quantitative estimate of drug-likeness (QED) is 0.782. The molecule has 6 heteroatoms. The van der Waals surface area contributed by atoms with Gasteiger partial charge in [0.25, 0.3) is 6.43 Å². The molecule has 15 heavy (non-hydrogen) atoms. The van der Waals surface area contributed by atoms with Gasteiger partial charge < -0.3 is 10.4 Å². The number of nitrogens with zero attached hydrogens (tertiary/aromatic N) is 2. The second-order valence-electron chi connectivity index (χ2n) is 2.82. The first-order valence-electron chi connectivity index (χ1n) is 4.19. The summed E-state index contributed by atoms with van der Waals surface area (Å²) in [5.41, 5.74) is 0.631. The summed E-state index contributed by atoms with van der Waals surface area (Å²) in [5, 5.41) is 20.0. The standard InChI is InChI=1S/C9H9F2N3O/c10-9(11)8(15)5-14-7-4-13-2-1-6(7)3-12/h1-2,4,8-9,14-15H,5H2. The monoisotopic (exact) mass is 213 g/mol. The molecule has 0 radical (unpaired) electrons. The lowest BCUT2D eigenvalue weighted by atomic mass is 10.2. The van der Waals surface area contributed by atoms with Gasteiger partial charge in [-0.1, -0.05) is 0 Å². The largest absolute Gasteiger partial charge is 0.385 e. The number of pyridine rings is 1. The molecule has 0 aliphatic heterocycles. The van der Waals surface area contributed by atoms with Crippen LogP contribution in [0, 0.1) is 11.3 Å². The number of aliphatic hydroxyl groups is 1. The zero-order chi connectivity index (χ0) is 11.3. The van der Waals surface area contributed by atoms with E-state index in [4.69, 9.17) is 10.4 Å². The van der Waals surface area contributed by atoms with E-state index in [1.165, 1.54) is 18.5 Å². The highest BCUT2D eigenvalue weighted by atomic mass is 19.3. The van der Waals surface area contributed by atoms with Gasteiger partial charge in [0.05, 0.1) is 17.4 Å². The fourth-order valence-corrected chi connectivity index (χ4v) is 0.936. The molecule has 1 rings (SSSR count). The summed E-state index contributed by atoms with van der Waals surface area (Å²) in [6, 6.07) is 3.33. The van der Waals surface area contributed by atoms with Gasteiger partial charge in [0.2, 0.25) is 0 Å². The number of hydrogen-bond acceptors (Lipinski definition) is 4. The number of aromatic nitrogens is 1. The molecule has 0 amide bonds. The molecule has 0 saturated heterocycles. The van der Waals surface area contributed by atoms with Gasteiger partial charge in [-0.2, -0.15) is 5.26 Å². The maximum Gasteiger partial charge on any atom is 0.265 e. The summed E-state index contributed by atoms with van der Waals surface area (Å²) in [6.07, 6.45) is -1.79.